The average Bonchev–Trinajstić information content (AvgIpc) is 2.67. The molecule has 102 valence electrons. The molecule has 0 aliphatic carbocycles. The Balaban J connectivity index is 2.27. The molecule has 0 aliphatic heterocycles. The molecule has 2 rings (SSSR count). The summed E-state index contributed by atoms with van der Waals surface area (Å²) in [6, 6.07) is 7.53. The number of nitrogens with one attached hydrogen (secondary N) is 1. The molecule has 6 nitrogen and oxygen atoms in total. The van der Waals surface area contributed by atoms with Crippen molar-refractivity contribution < 1.29 is 9.90 Å². The second kappa shape index (κ2) is 5.71. The van der Waals surface area contributed by atoms with Crippen LogP contribution in [0.5, 0.6) is 0 Å². The molecule has 2 N–H and O–H groups in total. The fourth-order valence-corrected chi connectivity index (χ4v) is 1.90. The minimum absolute atomic E-state index is 0.0924. The smallest absolute Gasteiger partial charge is 0.323 e. The van der Waals surface area contributed by atoms with Gasteiger partial charge in [-0.2, -0.15) is 0 Å². The number of nitrogens with zero attached hydrogens (tertiary/aromatic N) is 3. The normalized spacial score (nSPS) is 11.1. The van der Waals surface area contributed by atoms with Crippen LogP contribution >= 0.6 is 0 Å². The molecule has 0 spiro atoms. The van der Waals surface area contributed by atoms with Gasteiger partial charge in [-0.3, -0.25) is 9.36 Å². The van der Waals surface area contributed by atoms with Gasteiger partial charge in [-0.05, 0) is 26.2 Å². The van der Waals surface area contributed by atoms with Gasteiger partial charge in [0.1, 0.15) is 6.54 Å². The number of likely N-dealkylation sites (N-methyl/N-ethyl adjacent to an activating group) is 1. The number of anilines is 1. The van der Waals surface area contributed by atoms with Crippen LogP contribution in [-0.4, -0.2) is 52.7 Å². The molecule has 0 bridgehead atoms. The first kappa shape index (κ1) is 13.4. The zero-order chi connectivity index (χ0) is 13.8. The van der Waals surface area contributed by atoms with Gasteiger partial charge in [0.2, 0.25) is 5.95 Å². The van der Waals surface area contributed by atoms with Crippen molar-refractivity contribution in [2.24, 2.45) is 0 Å². The molecular formula is C13H18N4O2. The molecular weight excluding hydrogens is 244 g/mol. The number of para-hydroxylation sites is 2. The number of rotatable bonds is 6. The minimum Gasteiger partial charge on any atom is -0.480 e. The number of hydrogen-bond acceptors (Lipinski definition) is 4. The van der Waals surface area contributed by atoms with Crippen LogP contribution in [-0.2, 0) is 11.3 Å². The Morgan fingerprint density at radius 1 is 1.42 bits per heavy atom. The van der Waals surface area contributed by atoms with E-state index in [1.807, 2.05) is 38.4 Å². The summed E-state index contributed by atoms with van der Waals surface area (Å²) in [5.41, 5.74) is 1.63. The molecule has 1 aromatic carbocycles. The van der Waals surface area contributed by atoms with E-state index < -0.39 is 5.97 Å². The lowest BCUT2D eigenvalue weighted by molar-refractivity contribution is -0.137. The third kappa shape index (κ3) is 3.23. The largest absolute Gasteiger partial charge is 0.480 e. The Bertz CT molecular complexity index is 577. The van der Waals surface area contributed by atoms with Crippen molar-refractivity contribution in [3.8, 4) is 0 Å². The van der Waals surface area contributed by atoms with Crippen LogP contribution < -0.4 is 5.32 Å². The maximum Gasteiger partial charge on any atom is 0.323 e. The molecule has 0 aliphatic rings. The molecule has 6 heteroatoms. The lowest BCUT2D eigenvalue weighted by Gasteiger charge is -2.12. The van der Waals surface area contributed by atoms with Crippen molar-refractivity contribution in [3.63, 3.8) is 0 Å². The monoisotopic (exact) mass is 262 g/mol. The number of carboxylic acids is 1. The fourth-order valence-electron chi connectivity index (χ4n) is 1.90. The van der Waals surface area contributed by atoms with Gasteiger partial charge in [0.15, 0.2) is 0 Å². The summed E-state index contributed by atoms with van der Waals surface area (Å²) in [5, 5.41) is 12.2. The summed E-state index contributed by atoms with van der Waals surface area (Å²) in [4.78, 5) is 17.4. The Kier molecular flexibility index (Phi) is 4.01. The molecule has 2 aromatic rings. The lowest BCUT2D eigenvalue weighted by atomic mass is 10.3. The van der Waals surface area contributed by atoms with Crippen LogP contribution in [0.1, 0.15) is 0 Å². The standard InChI is InChI=1S/C13H18N4O2/c1-16(2)8-7-14-13-15-10-5-3-4-6-11(10)17(13)9-12(18)19/h3-6H,7-9H2,1-2H3,(H,14,15)(H,18,19). The van der Waals surface area contributed by atoms with Gasteiger partial charge in [-0.15, -0.1) is 0 Å². The van der Waals surface area contributed by atoms with E-state index in [0.29, 0.717) is 5.95 Å². The van der Waals surface area contributed by atoms with Gasteiger partial charge < -0.3 is 15.3 Å². The van der Waals surface area contributed by atoms with Crippen molar-refractivity contribution in [1.29, 1.82) is 0 Å². The first-order valence-corrected chi connectivity index (χ1v) is 6.13. The minimum atomic E-state index is -0.876. The van der Waals surface area contributed by atoms with Gasteiger partial charge in [0.25, 0.3) is 0 Å². The van der Waals surface area contributed by atoms with Crippen LogP contribution in [0.3, 0.4) is 0 Å². The van der Waals surface area contributed by atoms with Crippen molar-refractivity contribution >= 4 is 23.0 Å². The maximum absolute atomic E-state index is 11.0. The topological polar surface area (TPSA) is 70.4 Å². The summed E-state index contributed by atoms with van der Waals surface area (Å²) >= 11 is 0. The second-order valence-corrected chi connectivity index (χ2v) is 4.63. The Labute approximate surface area is 111 Å². The van der Waals surface area contributed by atoms with E-state index in [1.54, 1.807) is 4.57 Å². The van der Waals surface area contributed by atoms with Gasteiger partial charge in [-0.25, -0.2) is 4.98 Å². The summed E-state index contributed by atoms with van der Waals surface area (Å²) in [6.45, 7) is 1.48. The highest BCUT2D eigenvalue weighted by molar-refractivity contribution is 5.81. The first-order chi connectivity index (χ1) is 9.08. The summed E-state index contributed by atoms with van der Waals surface area (Å²) in [6.07, 6.45) is 0. The average molecular weight is 262 g/mol. The van der Waals surface area contributed by atoms with Gasteiger partial charge in [-0.1, -0.05) is 12.1 Å². The molecule has 1 heterocycles. The number of carboxylic acid groups (broad SMARTS) is 1. The number of imidazole rings is 1. The lowest BCUT2D eigenvalue weighted by Crippen LogP contribution is -2.22. The summed E-state index contributed by atoms with van der Waals surface area (Å²) in [7, 11) is 3.98. The highest BCUT2D eigenvalue weighted by atomic mass is 16.4. The highest BCUT2D eigenvalue weighted by Crippen LogP contribution is 2.19. The van der Waals surface area contributed by atoms with Crippen molar-refractivity contribution in [1.82, 2.24) is 14.5 Å². The van der Waals surface area contributed by atoms with E-state index in [9.17, 15) is 4.79 Å². The fraction of sp³-hybridized carbons (Fsp3) is 0.385. The zero-order valence-corrected chi connectivity index (χ0v) is 11.1. The highest BCUT2D eigenvalue weighted by Gasteiger charge is 2.12. The van der Waals surface area contributed by atoms with Gasteiger partial charge in [0, 0.05) is 13.1 Å². The van der Waals surface area contributed by atoms with Crippen molar-refractivity contribution in [2.75, 3.05) is 32.5 Å². The molecule has 0 saturated carbocycles. The van der Waals surface area contributed by atoms with E-state index in [0.717, 1.165) is 24.1 Å². The Morgan fingerprint density at radius 3 is 2.84 bits per heavy atom. The van der Waals surface area contributed by atoms with Crippen molar-refractivity contribution in [3.05, 3.63) is 24.3 Å². The van der Waals surface area contributed by atoms with Crippen LogP contribution in [0.4, 0.5) is 5.95 Å². The third-order valence-corrected chi connectivity index (χ3v) is 2.79. The molecule has 0 atom stereocenters. The number of hydrogen-bond donors (Lipinski definition) is 2. The number of aromatic nitrogens is 2. The molecule has 1 aromatic heterocycles. The van der Waals surface area contributed by atoms with E-state index in [1.165, 1.54) is 0 Å². The Morgan fingerprint density at radius 2 is 2.16 bits per heavy atom. The Hall–Kier alpha value is -2.08. The molecule has 0 saturated heterocycles. The van der Waals surface area contributed by atoms with Crippen LogP contribution in [0.15, 0.2) is 24.3 Å². The SMILES string of the molecule is CN(C)CCNc1nc2ccccc2n1CC(=O)O. The molecule has 0 fully saturated rings. The van der Waals surface area contributed by atoms with Crippen molar-refractivity contribution in [2.45, 2.75) is 6.54 Å². The number of aliphatic carboxylic acids is 1. The number of carbonyl (C=O) groups is 1. The van der Waals surface area contributed by atoms with Gasteiger partial charge in [0.05, 0.1) is 11.0 Å². The van der Waals surface area contributed by atoms with E-state index in [2.05, 4.69) is 15.2 Å². The quantitative estimate of drug-likeness (QED) is 0.815. The first-order valence-electron chi connectivity index (χ1n) is 6.13. The predicted octanol–water partition coefficient (Wildman–Crippen LogP) is 1.09. The van der Waals surface area contributed by atoms with Crippen LogP contribution in [0.2, 0.25) is 0 Å². The number of fused-ring (bicyclic) bond motifs is 1. The zero-order valence-electron chi connectivity index (χ0n) is 11.1. The second-order valence-electron chi connectivity index (χ2n) is 4.63. The van der Waals surface area contributed by atoms with Crippen LogP contribution in [0, 0.1) is 0 Å². The predicted molar refractivity (Wildman–Crippen MR) is 74.4 cm³/mol. The van der Waals surface area contributed by atoms with E-state index >= 15 is 0 Å². The van der Waals surface area contributed by atoms with E-state index in [-0.39, 0.29) is 6.54 Å². The van der Waals surface area contributed by atoms with Crippen LogP contribution in [0.25, 0.3) is 11.0 Å². The molecule has 19 heavy (non-hydrogen) atoms. The third-order valence-electron chi connectivity index (χ3n) is 2.79. The maximum atomic E-state index is 11.0. The van der Waals surface area contributed by atoms with Gasteiger partial charge >= 0.3 is 5.97 Å². The summed E-state index contributed by atoms with van der Waals surface area (Å²) in [5.74, 6) is -0.274. The molecule has 0 amide bonds. The summed E-state index contributed by atoms with van der Waals surface area (Å²) < 4.78 is 1.69. The van der Waals surface area contributed by atoms with E-state index in [4.69, 9.17) is 5.11 Å². The number of benzene rings is 1. The molecule has 0 radical (unpaired) electrons. The molecule has 0 unspecified atom stereocenters.